The van der Waals surface area contributed by atoms with Crippen LogP contribution < -0.4 is 4.90 Å². The minimum Gasteiger partial charge on any atom is -0.355 e. The minimum atomic E-state index is 0.470. The number of nitrogens with zero attached hydrogens (tertiary/aromatic N) is 4. The first-order valence-electron chi connectivity index (χ1n) is 10.5. The second-order valence-electron chi connectivity index (χ2n) is 8.63. The van der Waals surface area contributed by atoms with E-state index in [1.165, 1.54) is 57.4 Å². The lowest BCUT2D eigenvalue weighted by atomic mass is 9.98. The highest BCUT2D eigenvalue weighted by atomic mass is 32.2. The van der Waals surface area contributed by atoms with Gasteiger partial charge in [-0.25, -0.2) is 15.0 Å². The van der Waals surface area contributed by atoms with Crippen molar-refractivity contribution in [2.45, 2.75) is 63.9 Å². The molecule has 3 aromatic rings. The Kier molecular flexibility index (Phi) is 4.74. The highest BCUT2D eigenvalue weighted by Crippen LogP contribution is 2.44. The number of rotatable bonds is 3. The summed E-state index contributed by atoms with van der Waals surface area (Å²) in [5.41, 5.74) is 5.47. The van der Waals surface area contributed by atoms with Gasteiger partial charge in [0.25, 0.3) is 0 Å². The lowest BCUT2D eigenvalue weighted by Gasteiger charge is -2.31. The van der Waals surface area contributed by atoms with Gasteiger partial charge in [-0.2, -0.15) is 0 Å². The maximum absolute atomic E-state index is 5.16. The van der Waals surface area contributed by atoms with Crippen molar-refractivity contribution in [3.8, 4) is 0 Å². The predicted molar refractivity (Wildman–Crippen MR) is 121 cm³/mol. The second kappa shape index (κ2) is 7.13. The van der Waals surface area contributed by atoms with Crippen LogP contribution in [0, 0.1) is 5.92 Å². The number of pyridine rings is 1. The lowest BCUT2D eigenvalue weighted by Crippen LogP contribution is -2.33. The molecule has 1 aliphatic carbocycles. The summed E-state index contributed by atoms with van der Waals surface area (Å²) < 4.78 is 1.24. The zero-order valence-electron chi connectivity index (χ0n) is 17.2. The molecule has 0 N–H and O–H groups in total. The number of piperidine rings is 1. The van der Waals surface area contributed by atoms with Crippen molar-refractivity contribution in [2.75, 3.05) is 24.2 Å². The molecule has 148 valence electrons. The molecule has 0 bridgehead atoms. The number of thiophene rings is 1. The van der Waals surface area contributed by atoms with Gasteiger partial charge in [-0.05, 0) is 61.3 Å². The lowest BCUT2D eigenvalue weighted by molar-refractivity contribution is 0.437. The van der Waals surface area contributed by atoms with E-state index in [4.69, 9.17) is 15.0 Å². The molecule has 6 heteroatoms. The van der Waals surface area contributed by atoms with E-state index in [9.17, 15) is 0 Å². The maximum Gasteiger partial charge on any atom is 0.189 e. The SMILES string of the molecule is CSc1nc(N2CCC(C)CC2)c2sc3nc(C(C)C)c4c(c3c2n1)CCC4. The smallest absolute Gasteiger partial charge is 0.189 e. The molecule has 2 aliphatic rings. The van der Waals surface area contributed by atoms with E-state index >= 15 is 0 Å². The van der Waals surface area contributed by atoms with Crippen molar-refractivity contribution < 1.29 is 0 Å². The normalized spacial score (nSPS) is 18.0. The Morgan fingerprint density at radius 1 is 1.07 bits per heavy atom. The molecule has 4 heterocycles. The zero-order chi connectivity index (χ0) is 19.4. The quantitative estimate of drug-likeness (QED) is 0.401. The van der Waals surface area contributed by atoms with E-state index < -0.39 is 0 Å². The fourth-order valence-electron chi connectivity index (χ4n) is 4.76. The van der Waals surface area contributed by atoms with Crippen LogP contribution in [0.1, 0.15) is 62.8 Å². The van der Waals surface area contributed by atoms with Crippen molar-refractivity contribution >= 4 is 49.3 Å². The second-order valence-corrected chi connectivity index (χ2v) is 10.4. The fraction of sp³-hybridized carbons (Fsp3) is 0.591. The Labute approximate surface area is 175 Å². The van der Waals surface area contributed by atoms with Crippen LogP contribution in [0.5, 0.6) is 0 Å². The van der Waals surface area contributed by atoms with Crippen LogP contribution >= 0.6 is 23.1 Å². The number of aromatic nitrogens is 3. The number of aryl methyl sites for hydroxylation is 1. The molecule has 4 nitrogen and oxygen atoms in total. The molecule has 1 saturated heterocycles. The first-order chi connectivity index (χ1) is 13.6. The van der Waals surface area contributed by atoms with Crippen molar-refractivity contribution in [1.29, 1.82) is 0 Å². The summed E-state index contributed by atoms with van der Waals surface area (Å²) in [4.78, 5) is 18.8. The van der Waals surface area contributed by atoms with Crippen molar-refractivity contribution in [1.82, 2.24) is 15.0 Å². The van der Waals surface area contributed by atoms with Gasteiger partial charge in [0.1, 0.15) is 4.83 Å². The van der Waals surface area contributed by atoms with Gasteiger partial charge in [-0.1, -0.05) is 32.5 Å². The summed E-state index contributed by atoms with van der Waals surface area (Å²) in [6.07, 6.45) is 8.14. The van der Waals surface area contributed by atoms with Crippen molar-refractivity contribution in [3.05, 3.63) is 16.8 Å². The van der Waals surface area contributed by atoms with Gasteiger partial charge in [0.15, 0.2) is 11.0 Å². The molecule has 3 aromatic heterocycles. The minimum absolute atomic E-state index is 0.470. The van der Waals surface area contributed by atoms with E-state index in [-0.39, 0.29) is 0 Å². The average molecular weight is 413 g/mol. The van der Waals surface area contributed by atoms with Gasteiger partial charge in [0.05, 0.1) is 10.2 Å². The Balaban J connectivity index is 1.78. The van der Waals surface area contributed by atoms with Crippen LogP contribution in [-0.2, 0) is 12.8 Å². The topological polar surface area (TPSA) is 41.9 Å². The first kappa shape index (κ1) is 18.6. The highest BCUT2D eigenvalue weighted by Gasteiger charge is 2.27. The molecule has 0 saturated carbocycles. The molecule has 28 heavy (non-hydrogen) atoms. The van der Waals surface area contributed by atoms with Crippen LogP contribution in [0.15, 0.2) is 5.16 Å². The number of hydrogen-bond acceptors (Lipinski definition) is 6. The number of thioether (sulfide) groups is 1. The molecule has 1 fully saturated rings. The Bertz CT molecular complexity index is 1050. The summed E-state index contributed by atoms with van der Waals surface area (Å²) >= 11 is 3.46. The van der Waals surface area contributed by atoms with Crippen molar-refractivity contribution in [2.24, 2.45) is 5.92 Å². The molecular weight excluding hydrogens is 384 g/mol. The summed E-state index contributed by atoms with van der Waals surface area (Å²) in [6.45, 7) is 9.09. The monoisotopic (exact) mass is 412 g/mol. The zero-order valence-corrected chi connectivity index (χ0v) is 18.8. The molecule has 1 aliphatic heterocycles. The average Bonchev–Trinajstić information content (AvgIpc) is 3.31. The summed E-state index contributed by atoms with van der Waals surface area (Å²) in [7, 11) is 0. The fourth-order valence-corrected chi connectivity index (χ4v) is 6.29. The highest BCUT2D eigenvalue weighted by molar-refractivity contribution is 7.98. The maximum atomic E-state index is 5.16. The summed E-state index contributed by atoms with van der Waals surface area (Å²) in [6, 6.07) is 0. The first-order valence-corrected chi connectivity index (χ1v) is 12.6. The van der Waals surface area contributed by atoms with Gasteiger partial charge < -0.3 is 4.90 Å². The third kappa shape index (κ3) is 2.91. The number of anilines is 1. The molecule has 0 unspecified atom stereocenters. The summed E-state index contributed by atoms with van der Waals surface area (Å²) in [5, 5.41) is 2.21. The van der Waals surface area contributed by atoms with Gasteiger partial charge in [-0.3, -0.25) is 0 Å². The third-order valence-corrected chi connectivity index (χ3v) is 7.96. The molecule has 0 amide bonds. The van der Waals surface area contributed by atoms with Gasteiger partial charge in [-0.15, -0.1) is 11.3 Å². The van der Waals surface area contributed by atoms with Crippen LogP contribution in [0.4, 0.5) is 5.82 Å². The van der Waals surface area contributed by atoms with E-state index in [0.717, 1.165) is 41.9 Å². The number of fused-ring (bicyclic) bond motifs is 5. The molecule has 5 rings (SSSR count). The van der Waals surface area contributed by atoms with Crippen LogP contribution in [0.3, 0.4) is 0 Å². The molecular formula is C22H28N4S2. The van der Waals surface area contributed by atoms with E-state index in [0.29, 0.717) is 5.92 Å². The Morgan fingerprint density at radius 3 is 2.54 bits per heavy atom. The van der Waals surface area contributed by atoms with E-state index in [1.807, 2.05) is 11.3 Å². The molecule has 0 radical (unpaired) electrons. The van der Waals surface area contributed by atoms with Crippen LogP contribution in [-0.4, -0.2) is 34.3 Å². The van der Waals surface area contributed by atoms with Crippen LogP contribution in [0.25, 0.3) is 20.4 Å². The Hall–Kier alpha value is -1.40. The van der Waals surface area contributed by atoms with Gasteiger partial charge in [0.2, 0.25) is 0 Å². The van der Waals surface area contributed by atoms with Crippen molar-refractivity contribution in [3.63, 3.8) is 0 Å². The summed E-state index contributed by atoms with van der Waals surface area (Å²) in [5.74, 6) is 2.42. The van der Waals surface area contributed by atoms with Gasteiger partial charge in [0, 0.05) is 24.2 Å². The van der Waals surface area contributed by atoms with E-state index in [1.54, 1.807) is 11.8 Å². The molecule has 0 aromatic carbocycles. The largest absolute Gasteiger partial charge is 0.355 e. The standard InChI is InChI=1S/C22H28N4S2/c1-12(2)17-15-7-5-6-14(15)16-18-19(28-21(16)23-17)20(25-22(24-18)27-4)26-10-8-13(3)9-11-26/h12-13H,5-11H2,1-4H3. The Morgan fingerprint density at radius 2 is 1.82 bits per heavy atom. The molecule has 0 spiro atoms. The van der Waals surface area contributed by atoms with Gasteiger partial charge >= 0.3 is 0 Å². The molecule has 0 atom stereocenters. The van der Waals surface area contributed by atoms with Crippen LogP contribution in [0.2, 0.25) is 0 Å². The number of hydrogen-bond donors (Lipinski definition) is 0. The predicted octanol–water partition coefficient (Wildman–Crippen LogP) is 5.81. The third-order valence-electron chi connectivity index (χ3n) is 6.34. The van der Waals surface area contributed by atoms with E-state index in [2.05, 4.69) is 31.9 Å².